The number of carbonyl (C=O) groups is 1. The third-order valence-corrected chi connectivity index (χ3v) is 2.50. The normalized spacial score (nSPS) is 10.9. The van der Waals surface area contributed by atoms with E-state index in [9.17, 15) is 4.79 Å². The van der Waals surface area contributed by atoms with Crippen molar-refractivity contribution in [3.05, 3.63) is 36.5 Å². The topological polar surface area (TPSA) is 56.5 Å². The quantitative estimate of drug-likeness (QED) is 0.595. The molecule has 0 radical (unpaired) electrons. The summed E-state index contributed by atoms with van der Waals surface area (Å²) >= 11 is 0. The number of rotatable bonds is 1. The molecule has 5 heteroatoms. The third kappa shape index (κ3) is 1.52. The van der Waals surface area contributed by atoms with Crippen molar-refractivity contribution in [2.45, 2.75) is 6.92 Å². The van der Waals surface area contributed by atoms with E-state index in [1.807, 2.05) is 30.3 Å². The van der Waals surface area contributed by atoms with Crippen molar-refractivity contribution < 1.29 is 9.53 Å². The monoisotopic (exact) mass is 227 g/mol. The lowest BCUT2D eigenvalue weighted by molar-refractivity contribution is -0.132. The number of hydrogen-bond acceptors (Lipinski definition) is 4. The fourth-order valence-corrected chi connectivity index (χ4v) is 1.79. The Hall–Kier alpha value is -2.43. The number of nitrogens with zero attached hydrogens (tertiary/aromatic N) is 3. The summed E-state index contributed by atoms with van der Waals surface area (Å²) in [5.74, 6) is -0.410. The number of ether oxygens (including phenoxy) is 1. The highest BCUT2D eigenvalue weighted by Gasteiger charge is 2.10. The first-order valence-corrected chi connectivity index (χ1v) is 5.16. The molecule has 0 aliphatic rings. The predicted molar refractivity (Wildman–Crippen MR) is 61.8 cm³/mol. The van der Waals surface area contributed by atoms with Crippen molar-refractivity contribution in [2.75, 3.05) is 0 Å². The minimum atomic E-state index is -0.410. The Balaban J connectivity index is 2.31. The zero-order valence-corrected chi connectivity index (χ0v) is 9.12. The summed E-state index contributed by atoms with van der Waals surface area (Å²) in [6, 6.07) is 9.97. The lowest BCUT2D eigenvalue weighted by Gasteiger charge is -2.01. The Morgan fingerprint density at radius 3 is 2.88 bits per heavy atom. The molecule has 2 heterocycles. The molecule has 2 aromatic heterocycles. The Morgan fingerprint density at radius 1 is 1.24 bits per heavy atom. The van der Waals surface area contributed by atoms with Gasteiger partial charge in [0.15, 0.2) is 5.65 Å². The molecule has 5 nitrogen and oxygen atoms in total. The van der Waals surface area contributed by atoms with Crippen LogP contribution in [-0.2, 0) is 4.79 Å². The molecule has 84 valence electrons. The molecule has 0 aliphatic heterocycles. The Labute approximate surface area is 96.6 Å². The molecule has 3 rings (SSSR count). The van der Waals surface area contributed by atoms with Gasteiger partial charge in [-0.2, -0.15) is 0 Å². The van der Waals surface area contributed by atoms with Crippen LogP contribution in [0.2, 0.25) is 0 Å². The Kier molecular flexibility index (Phi) is 2.04. The van der Waals surface area contributed by atoms with E-state index in [1.165, 1.54) is 6.92 Å². The van der Waals surface area contributed by atoms with Crippen LogP contribution in [0.3, 0.4) is 0 Å². The number of fused-ring (bicyclic) bond motifs is 3. The van der Waals surface area contributed by atoms with Gasteiger partial charge in [0.2, 0.25) is 0 Å². The van der Waals surface area contributed by atoms with Gasteiger partial charge in [0.1, 0.15) is 0 Å². The summed E-state index contributed by atoms with van der Waals surface area (Å²) < 4.78 is 6.62. The summed E-state index contributed by atoms with van der Waals surface area (Å²) in [6.07, 6.45) is 1.79. The molecule has 0 fully saturated rings. The van der Waals surface area contributed by atoms with Crippen LogP contribution >= 0.6 is 0 Å². The maximum Gasteiger partial charge on any atom is 0.329 e. The number of carbonyl (C=O) groups excluding carboxylic acids is 1. The molecule has 0 aliphatic carbocycles. The highest BCUT2D eigenvalue weighted by Crippen LogP contribution is 2.21. The fourth-order valence-electron chi connectivity index (χ4n) is 1.79. The zero-order valence-electron chi connectivity index (χ0n) is 9.12. The van der Waals surface area contributed by atoms with Gasteiger partial charge in [-0.3, -0.25) is 9.20 Å². The number of pyridine rings is 1. The van der Waals surface area contributed by atoms with Gasteiger partial charge >= 0.3 is 12.0 Å². The summed E-state index contributed by atoms with van der Waals surface area (Å²) in [5, 5.41) is 9.94. The third-order valence-electron chi connectivity index (χ3n) is 2.50. The molecule has 1 aromatic carbocycles. The van der Waals surface area contributed by atoms with Crippen molar-refractivity contribution in [3.63, 3.8) is 0 Å². The number of benzene rings is 1. The second kappa shape index (κ2) is 3.55. The van der Waals surface area contributed by atoms with Gasteiger partial charge in [-0.05, 0) is 11.5 Å². The number of aromatic nitrogens is 3. The van der Waals surface area contributed by atoms with Gasteiger partial charge in [-0.25, -0.2) is 0 Å². The van der Waals surface area contributed by atoms with Crippen LogP contribution in [-0.4, -0.2) is 20.6 Å². The molecule has 0 atom stereocenters. The summed E-state index contributed by atoms with van der Waals surface area (Å²) in [5.41, 5.74) is 0.680. The van der Waals surface area contributed by atoms with Crippen LogP contribution in [0.15, 0.2) is 36.5 Å². The van der Waals surface area contributed by atoms with Crippen molar-refractivity contribution in [3.8, 4) is 6.01 Å². The van der Waals surface area contributed by atoms with E-state index in [-0.39, 0.29) is 6.01 Å². The molecule has 0 amide bonds. The van der Waals surface area contributed by atoms with Crippen molar-refractivity contribution >= 4 is 22.4 Å². The standard InChI is InChI=1S/C12H9N3O2/c1-8(16)17-12-14-13-11-10-5-3-2-4-9(10)6-7-15(11)12/h2-7H,1H3. The number of hydrogen-bond donors (Lipinski definition) is 0. The average Bonchev–Trinajstić information content (AvgIpc) is 2.72. The Morgan fingerprint density at radius 2 is 2.06 bits per heavy atom. The highest BCUT2D eigenvalue weighted by atomic mass is 16.5. The van der Waals surface area contributed by atoms with Crippen LogP contribution < -0.4 is 4.74 Å². The first kappa shape index (κ1) is 9.77. The Bertz CT molecular complexity index is 718. The van der Waals surface area contributed by atoms with E-state index >= 15 is 0 Å². The second-order valence-corrected chi connectivity index (χ2v) is 3.67. The van der Waals surface area contributed by atoms with Gasteiger partial charge < -0.3 is 4.74 Å². The zero-order chi connectivity index (χ0) is 11.8. The molecule has 0 N–H and O–H groups in total. The van der Waals surface area contributed by atoms with Crippen molar-refractivity contribution in [1.29, 1.82) is 0 Å². The smallest absolute Gasteiger partial charge is 0.329 e. The van der Waals surface area contributed by atoms with E-state index in [4.69, 9.17) is 4.74 Å². The van der Waals surface area contributed by atoms with Gasteiger partial charge in [0.25, 0.3) is 0 Å². The molecule has 17 heavy (non-hydrogen) atoms. The van der Waals surface area contributed by atoms with E-state index in [0.29, 0.717) is 5.65 Å². The van der Waals surface area contributed by atoms with Crippen molar-refractivity contribution in [1.82, 2.24) is 14.6 Å². The largest absolute Gasteiger partial charge is 0.391 e. The van der Waals surface area contributed by atoms with Crippen LogP contribution in [0.1, 0.15) is 6.92 Å². The van der Waals surface area contributed by atoms with Crippen LogP contribution in [0.25, 0.3) is 16.4 Å². The minimum Gasteiger partial charge on any atom is -0.391 e. The van der Waals surface area contributed by atoms with Gasteiger partial charge in [-0.1, -0.05) is 29.4 Å². The summed E-state index contributed by atoms with van der Waals surface area (Å²) in [7, 11) is 0. The molecule has 3 aromatic rings. The van der Waals surface area contributed by atoms with E-state index < -0.39 is 5.97 Å². The van der Waals surface area contributed by atoms with Crippen LogP contribution in [0.5, 0.6) is 6.01 Å². The maximum atomic E-state index is 10.9. The molecular formula is C12H9N3O2. The second-order valence-electron chi connectivity index (χ2n) is 3.67. The summed E-state index contributed by atoms with van der Waals surface area (Å²) in [6.45, 7) is 1.34. The highest BCUT2D eigenvalue weighted by molar-refractivity contribution is 5.93. The van der Waals surface area contributed by atoms with Gasteiger partial charge in [0.05, 0.1) is 0 Å². The molecule has 0 spiro atoms. The molecule has 0 bridgehead atoms. The maximum absolute atomic E-state index is 10.9. The van der Waals surface area contributed by atoms with Gasteiger partial charge in [0, 0.05) is 18.5 Å². The van der Waals surface area contributed by atoms with E-state index in [0.717, 1.165) is 10.8 Å². The first-order valence-electron chi connectivity index (χ1n) is 5.16. The SMILES string of the molecule is CC(=O)Oc1nnc2c3ccccc3ccn12. The predicted octanol–water partition coefficient (Wildman–Crippen LogP) is 1.81. The molecule has 0 unspecified atom stereocenters. The first-order chi connectivity index (χ1) is 8.25. The van der Waals surface area contributed by atoms with E-state index in [1.54, 1.807) is 10.6 Å². The lowest BCUT2D eigenvalue weighted by Crippen LogP contribution is -2.04. The summed E-state index contributed by atoms with van der Waals surface area (Å²) in [4.78, 5) is 10.9. The van der Waals surface area contributed by atoms with Gasteiger partial charge in [-0.15, -0.1) is 5.10 Å². The molecule has 0 saturated heterocycles. The van der Waals surface area contributed by atoms with E-state index in [2.05, 4.69) is 10.2 Å². The van der Waals surface area contributed by atoms with Crippen LogP contribution in [0, 0.1) is 0 Å². The molecular weight excluding hydrogens is 218 g/mol. The fraction of sp³-hybridized carbons (Fsp3) is 0.0833. The minimum absolute atomic E-state index is 0.193. The van der Waals surface area contributed by atoms with Crippen molar-refractivity contribution in [2.24, 2.45) is 0 Å². The average molecular weight is 227 g/mol. The number of esters is 1. The van der Waals surface area contributed by atoms with Crippen LogP contribution in [0.4, 0.5) is 0 Å². The lowest BCUT2D eigenvalue weighted by atomic mass is 10.2. The molecule has 0 saturated carbocycles.